The number of hydrogen-bond donors (Lipinski definition) is 1. The molecule has 0 radical (unpaired) electrons. The van der Waals surface area contributed by atoms with Crippen molar-refractivity contribution in [1.29, 1.82) is 0 Å². The maximum Gasteiger partial charge on any atom is 0.229 e. The number of rotatable bonds is 4. The minimum atomic E-state index is -0.443. The summed E-state index contributed by atoms with van der Waals surface area (Å²) in [4.78, 5) is 21.2. The standard InChI is InChI=1S/C22H30N2O4/c1-16-4-2-3-5-19(16)20-14-18(28-23-20)15-22(8-12-27-13-9-22)21(26)24-10-6-17(25)7-11-24/h2-5,17-18,25H,6-15H2,1H3. The highest BCUT2D eigenvalue weighted by atomic mass is 16.6. The van der Waals surface area contributed by atoms with E-state index in [2.05, 4.69) is 24.2 Å². The van der Waals surface area contributed by atoms with Gasteiger partial charge in [0.15, 0.2) is 0 Å². The topological polar surface area (TPSA) is 71.4 Å². The average molecular weight is 386 g/mol. The Labute approximate surface area is 166 Å². The van der Waals surface area contributed by atoms with Gasteiger partial charge in [-0.15, -0.1) is 0 Å². The SMILES string of the molecule is Cc1ccccc1C1=NOC(CC2(C(=O)N3CCC(O)CC3)CCOCC2)C1. The highest BCUT2D eigenvalue weighted by Crippen LogP contribution is 2.40. The fourth-order valence-electron chi connectivity index (χ4n) is 4.70. The van der Waals surface area contributed by atoms with E-state index < -0.39 is 5.41 Å². The van der Waals surface area contributed by atoms with E-state index in [1.165, 1.54) is 5.56 Å². The Hall–Kier alpha value is -1.92. The van der Waals surface area contributed by atoms with Crippen molar-refractivity contribution in [1.82, 2.24) is 4.90 Å². The number of ether oxygens (including phenoxy) is 1. The highest BCUT2D eigenvalue weighted by molar-refractivity contribution is 6.02. The molecule has 0 saturated carbocycles. The molecule has 0 aromatic heterocycles. The number of aliphatic hydroxyl groups excluding tert-OH is 1. The molecule has 0 spiro atoms. The molecule has 28 heavy (non-hydrogen) atoms. The average Bonchev–Trinajstić information content (AvgIpc) is 3.17. The summed E-state index contributed by atoms with van der Waals surface area (Å²) in [6.45, 7) is 4.58. The number of nitrogens with zero attached hydrogens (tertiary/aromatic N) is 2. The molecule has 2 fully saturated rings. The zero-order valence-corrected chi connectivity index (χ0v) is 16.6. The third-order valence-electron chi connectivity index (χ3n) is 6.46. The van der Waals surface area contributed by atoms with Crippen molar-refractivity contribution in [3.63, 3.8) is 0 Å². The lowest BCUT2D eigenvalue weighted by Crippen LogP contribution is -2.51. The molecule has 152 valence electrons. The Bertz CT molecular complexity index is 734. The molecule has 0 aliphatic carbocycles. The van der Waals surface area contributed by atoms with Crippen molar-refractivity contribution in [2.75, 3.05) is 26.3 Å². The second-order valence-corrected chi connectivity index (χ2v) is 8.40. The van der Waals surface area contributed by atoms with Crippen LogP contribution in [0.1, 0.15) is 49.7 Å². The number of hydrogen-bond acceptors (Lipinski definition) is 5. The van der Waals surface area contributed by atoms with Gasteiger partial charge in [0, 0.05) is 44.7 Å². The Morgan fingerprint density at radius 3 is 2.68 bits per heavy atom. The van der Waals surface area contributed by atoms with Gasteiger partial charge in [-0.2, -0.15) is 0 Å². The Morgan fingerprint density at radius 2 is 1.96 bits per heavy atom. The summed E-state index contributed by atoms with van der Waals surface area (Å²) in [5.41, 5.74) is 2.84. The van der Waals surface area contributed by atoms with Gasteiger partial charge in [-0.05, 0) is 38.2 Å². The molecular weight excluding hydrogens is 356 g/mol. The summed E-state index contributed by atoms with van der Waals surface area (Å²) in [7, 11) is 0. The maximum atomic E-state index is 13.5. The lowest BCUT2D eigenvalue weighted by molar-refractivity contribution is -0.153. The minimum Gasteiger partial charge on any atom is -0.393 e. The lowest BCUT2D eigenvalue weighted by Gasteiger charge is -2.42. The van der Waals surface area contributed by atoms with Gasteiger partial charge in [0.05, 0.1) is 17.2 Å². The van der Waals surface area contributed by atoms with Gasteiger partial charge >= 0.3 is 0 Å². The molecule has 1 atom stereocenters. The van der Waals surface area contributed by atoms with Crippen LogP contribution in [0.2, 0.25) is 0 Å². The molecule has 3 aliphatic heterocycles. The molecular formula is C22H30N2O4. The molecule has 0 bridgehead atoms. The van der Waals surface area contributed by atoms with Crippen LogP contribution in [-0.4, -0.2) is 60.1 Å². The third-order valence-corrected chi connectivity index (χ3v) is 6.46. The molecule has 6 heteroatoms. The molecule has 1 N–H and O–H groups in total. The normalized spacial score (nSPS) is 25.3. The predicted molar refractivity (Wildman–Crippen MR) is 106 cm³/mol. The summed E-state index contributed by atoms with van der Waals surface area (Å²) in [5, 5.41) is 14.1. The van der Waals surface area contributed by atoms with Gasteiger partial charge in [0.2, 0.25) is 5.91 Å². The quantitative estimate of drug-likeness (QED) is 0.864. The van der Waals surface area contributed by atoms with Crippen molar-refractivity contribution in [3.05, 3.63) is 35.4 Å². The molecule has 1 aromatic rings. The molecule has 2 saturated heterocycles. The fourth-order valence-corrected chi connectivity index (χ4v) is 4.70. The van der Waals surface area contributed by atoms with Crippen LogP contribution < -0.4 is 0 Å². The van der Waals surface area contributed by atoms with Gasteiger partial charge in [-0.1, -0.05) is 29.4 Å². The lowest BCUT2D eigenvalue weighted by atomic mass is 9.73. The molecule has 3 aliphatic rings. The summed E-state index contributed by atoms with van der Waals surface area (Å²) in [6, 6.07) is 8.21. The van der Waals surface area contributed by atoms with E-state index in [1.807, 2.05) is 17.0 Å². The Morgan fingerprint density at radius 1 is 1.25 bits per heavy atom. The molecule has 4 rings (SSSR count). The number of carbonyl (C=O) groups excluding carboxylic acids is 1. The van der Waals surface area contributed by atoms with Crippen LogP contribution in [0.25, 0.3) is 0 Å². The molecule has 1 unspecified atom stereocenters. The molecule has 1 amide bonds. The van der Waals surface area contributed by atoms with E-state index in [0.717, 1.165) is 30.5 Å². The van der Waals surface area contributed by atoms with E-state index in [1.54, 1.807) is 0 Å². The first-order valence-electron chi connectivity index (χ1n) is 10.4. The van der Waals surface area contributed by atoms with E-state index in [4.69, 9.17) is 9.57 Å². The van der Waals surface area contributed by atoms with Crippen LogP contribution in [0.15, 0.2) is 29.4 Å². The first-order chi connectivity index (χ1) is 13.6. The van der Waals surface area contributed by atoms with E-state index in [-0.39, 0.29) is 18.1 Å². The van der Waals surface area contributed by atoms with Crippen LogP contribution >= 0.6 is 0 Å². The van der Waals surface area contributed by atoms with Crippen LogP contribution in [0.3, 0.4) is 0 Å². The Balaban J connectivity index is 1.46. The number of piperidine rings is 1. The largest absolute Gasteiger partial charge is 0.393 e. The number of benzene rings is 1. The molecule has 3 heterocycles. The third kappa shape index (κ3) is 3.94. The van der Waals surface area contributed by atoms with Crippen molar-refractivity contribution >= 4 is 11.6 Å². The van der Waals surface area contributed by atoms with E-state index in [0.29, 0.717) is 45.6 Å². The van der Waals surface area contributed by atoms with Gasteiger partial charge < -0.3 is 19.6 Å². The van der Waals surface area contributed by atoms with Crippen LogP contribution in [-0.2, 0) is 14.4 Å². The number of likely N-dealkylation sites (tertiary alicyclic amines) is 1. The van der Waals surface area contributed by atoms with Crippen molar-refractivity contribution in [2.24, 2.45) is 10.6 Å². The zero-order chi connectivity index (χ0) is 19.6. The van der Waals surface area contributed by atoms with Crippen LogP contribution in [0, 0.1) is 12.3 Å². The van der Waals surface area contributed by atoms with Crippen LogP contribution in [0.4, 0.5) is 0 Å². The highest BCUT2D eigenvalue weighted by Gasteiger charge is 2.46. The number of aryl methyl sites for hydroxylation is 1. The summed E-state index contributed by atoms with van der Waals surface area (Å²) >= 11 is 0. The smallest absolute Gasteiger partial charge is 0.229 e. The van der Waals surface area contributed by atoms with Crippen molar-refractivity contribution in [3.8, 4) is 0 Å². The first kappa shape index (κ1) is 19.4. The zero-order valence-electron chi connectivity index (χ0n) is 16.6. The monoisotopic (exact) mass is 386 g/mol. The van der Waals surface area contributed by atoms with E-state index >= 15 is 0 Å². The first-order valence-corrected chi connectivity index (χ1v) is 10.4. The molecule has 6 nitrogen and oxygen atoms in total. The summed E-state index contributed by atoms with van der Waals surface area (Å²) < 4.78 is 5.57. The maximum absolute atomic E-state index is 13.5. The summed E-state index contributed by atoms with van der Waals surface area (Å²) in [6.07, 6.45) is 3.84. The number of carbonyl (C=O) groups is 1. The number of aliphatic hydroxyl groups is 1. The fraction of sp³-hybridized carbons (Fsp3) is 0.636. The van der Waals surface area contributed by atoms with Gasteiger partial charge in [-0.25, -0.2) is 0 Å². The predicted octanol–water partition coefficient (Wildman–Crippen LogP) is 2.66. The van der Waals surface area contributed by atoms with Gasteiger partial charge in [0.1, 0.15) is 6.10 Å². The number of amides is 1. The van der Waals surface area contributed by atoms with Gasteiger partial charge in [0.25, 0.3) is 0 Å². The molecule has 1 aromatic carbocycles. The second-order valence-electron chi connectivity index (χ2n) is 8.40. The second kappa shape index (κ2) is 8.21. The van der Waals surface area contributed by atoms with Crippen molar-refractivity contribution < 1.29 is 19.5 Å². The van der Waals surface area contributed by atoms with Crippen LogP contribution in [0.5, 0.6) is 0 Å². The van der Waals surface area contributed by atoms with E-state index in [9.17, 15) is 9.90 Å². The number of oxime groups is 1. The summed E-state index contributed by atoms with van der Waals surface area (Å²) in [5.74, 6) is 0.204. The van der Waals surface area contributed by atoms with Gasteiger partial charge in [-0.3, -0.25) is 4.79 Å². The minimum absolute atomic E-state index is 0.0768. The van der Waals surface area contributed by atoms with Crippen molar-refractivity contribution in [2.45, 2.75) is 57.7 Å². The Kier molecular flexibility index (Phi) is 5.69.